The Morgan fingerprint density at radius 1 is 1.26 bits per heavy atom. The van der Waals surface area contributed by atoms with Crippen LogP contribution < -0.4 is 19.6 Å². The molecule has 0 N–H and O–H groups in total. The van der Waals surface area contributed by atoms with E-state index < -0.39 is 12.0 Å². The van der Waals surface area contributed by atoms with E-state index in [0.717, 1.165) is 20.5 Å². The summed E-state index contributed by atoms with van der Waals surface area (Å²) in [7, 11) is 1.60. The number of halogens is 1. The molecule has 1 unspecified atom stereocenters. The topological polar surface area (TPSA) is 69.9 Å². The van der Waals surface area contributed by atoms with Crippen LogP contribution in [0.15, 0.2) is 72.9 Å². The van der Waals surface area contributed by atoms with Gasteiger partial charge in [0.05, 0.1) is 40.0 Å². The highest BCUT2D eigenvalue weighted by atomic mass is 79.9. The SMILES string of the molecule is CCOC(=O)C1=C(C)N=c2s/c(=C/c3ccc(OC)c(Br)c3)c(=O)n2C1c1ccc(SC)cc1. The van der Waals surface area contributed by atoms with Gasteiger partial charge in [-0.2, -0.15) is 0 Å². The van der Waals surface area contributed by atoms with E-state index in [1.54, 1.807) is 37.3 Å². The second-order valence-corrected chi connectivity index (χ2v) is 10.2. The van der Waals surface area contributed by atoms with Gasteiger partial charge in [0.1, 0.15) is 5.75 Å². The van der Waals surface area contributed by atoms with E-state index in [2.05, 4.69) is 20.9 Å². The van der Waals surface area contributed by atoms with Crippen LogP contribution in [0, 0.1) is 0 Å². The number of methoxy groups -OCH3 is 1. The van der Waals surface area contributed by atoms with Crippen molar-refractivity contribution in [2.75, 3.05) is 20.0 Å². The minimum absolute atomic E-state index is 0.205. The lowest BCUT2D eigenvalue weighted by Gasteiger charge is -2.24. The number of carbonyl (C=O) groups excluding carboxylic acids is 1. The molecule has 0 aliphatic carbocycles. The van der Waals surface area contributed by atoms with Gasteiger partial charge in [-0.25, -0.2) is 9.79 Å². The summed E-state index contributed by atoms with van der Waals surface area (Å²) in [4.78, 5) is 32.8. The minimum Gasteiger partial charge on any atom is -0.496 e. The van der Waals surface area contributed by atoms with Gasteiger partial charge < -0.3 is 9.47 Å². The molecule has 34 heavy (non-hydrogen) atoms. The third kappa shape index (κ3) is 4.64. The monoisotopic (exact) mass is 558 g/mol. The number of fused-ring (bicyclic) bond motifs is 1. The van der Waals surface area contributed by atoms with E-state index in [9.17, 15) is 9.59 Å². The number of allylic oxidation sites excluding steroid dienone is 1. The van der Waals surface area contributed by atoms with Crippen molar-refractivity contribution in [1.82, 2.24) is 4.57 Å². The minimum atomic E-state index is -0.615. The van der Waals surface area contributed by atoms with Crippen molar-refractivity contribution in [3.8, 4) is 5.75 Å². The molecule has 0 amide bonds. The molecule has 1 atom stereocenters. The van der Waals surface area contributed by atoms with E-state index in [0.29, 0.717) is 26.4 Å². The largest absolute Gasteiger partial charge is 0.496 e. The van der Waals surface area contributed by atoms with Gasteiger partial charge in [-0.05, 0) is 77.5 Å². The number of hydrogen-bond acceptors (Lipinski definition) is 7. The van der Waals surface area contributed by atoms with Gasteiger partial charge in [-0.1, -0.05) is 29.5 Å². The number of hydrogen-bond donors (Lipinski definition) is 0. The standard InChI is InChI=1S/C25H23BrN2O4S2/c1-5-32-24(30)21-14(2)27-25-28(22(21)16-7-9-17(33-4)10-8-16)23(29)20(34-25)13-15-6-11-19(31-3)18(26)12-15/h6-13,22H,5H2,1-4H3/b20-13+. The average molecular weight is 560 g/mol. The normalized spacial score (nSPS) is 15.7. The first-order valence-corrected chi connectivity index (χ1v) is 13.4. The van der Waals surface area contributed by atoms with Crippen molar-refractivity contribution in [3.05, 3.63) is 89.0 Å². The number of nitrogens with zero attached hydrogens (tertiary/aromatic N) is 2. The molecule has 4 rings (SSSR count). The molecule has 3 aromatic rings. The zero-order valence-electron chi connectivity index (χ0n) is 19.1. The van der Waals surface area contributed by atoms with E-state index in [4.69, 9.17) is 9.47 Å². The number of rotatable bonds is 6. The number of aromatic nitrogens is 1. The lowest BCUT2D eigenvalue weighted by atomic mass is 9.96. The van der Waals surface area contributed by atoms with Crippen LogP contribution in [0.4, 0.5) is 0 Å². The second-order valence-electron chi connectivity index (χ2n) is 7.47. The first-order valence-electron chi connectivity index (χ1n) is 10.5. The molecule has 1 aliphatic rings. The fourth-order valence-electron chi connectivity index (χ4n) is 3.82. The molecular formula is C25H23BrN2O4S2. The van der Waals surface area contributed by atoms with Gasteiger partial charge in [-0.15, -0.1) is 11.8 Å². The molecule has 6 nitrogen and oxygen atoms in total. The Balaban J connectivity index is 1.92. The van der Waals surface area contributed by atoms with Gasteiger partial charge in [0.2, 0.25) is 0 Å². The van der Waals surface area contributed by atoms with Crippen LogP contribution in [0.3, 0.4) is 0 Å². The predicted octanol–water partition coefficient (Wildman–Crippen LogP) is 4.29. The zero-order chi connectivity index (χ0) is 24.4. The van der Waals surface area contributed by atoms with Crippen molar-refractivity contribution >= 4 is 51.1 Å². The van der Waals surface area contributed by atoms with Crippen LogP contribution in [0.2, 0.25) is 0 Å². The summed E-state index contributed by atoms with van der Waals surface area (Å²) in [5.41, 5.74) is 2.40. The highest BCUT2D eigenvalue weighted by molar-refractivity contribution is 9.10. The van der Waals surface area contributed by atoms with Crippen LogP contribution in [0.5, 0.6) is 5.75 Å². The second kappa shape index (κ2) is 10.3. The molecule has 0 bridgehead atoms. The quantitative estimate of drug-likeness (QED) is 0.333. The summed E-state index contributed by atoms with van der Waals surface area (Å²) < 4.78 is 13.6. The number of thiazole rings is 1. The van der Waals surface area contributed by atoms with E-state index in [1.165, 1.54) is 11.3 Å². The predicted molar refractivity (Wildman–Crippen MR) is 139 cm³/mol. The van der Waals surface area contributed by atoms with Gasteiger partial charge in [0, 0.05) is 4.90 Å². The molecule has 1 aromatic heterocycles. The molecule has 0 spiro atoms. The summed E-state index contributed by atoms with van der Waals surface area (Å²) in [6.07, 6.45) is 3.83. The molecule has 2 aromatic carbocycles. The van der Waals surface area contributed by atoms with Crippen LogP contribution in [0.1, 0.15) is 31.0 Å². The number of ether oxygens (including phenoxy) is 2. The first-order chi connectivity index (χ1) is 16.4. The fraction of sp³-hybridized carbons (Fsp3) is 0.240. The first kappa shape index (κ1) is 24.5. The molecule has 0 radical (unpaired) electrons. The number of benzene rings is 2. The Morgan fingerprint density at radius 2 is 2.00 bits per heavy atom. The third-order valence-corrected chi connectivity index (χ3v) is 7.77. The number of esters is 1. The maximum Gasteiger partial charge on any atom is 0.338 e. The Labute approximate surface area is 213 Å². The lowest BCUT2D eigenvalue weighted by molar-refractivity contribution is -0.139. The molecule has 0 saturated carbocycles. The molecular weight excluding hydrogens is 536 g/mol. The van der Waals surface area contributed by atoms with Gasteiger partial charge >= 0.3 is 5.97 Å². The maximum absolute atomic E-state index is 13.6. The van der Waals surface area contributed by atoms with Crippen LogP contribution in [-0.2, 0) is 9.53 Å². The van der Waals surface area contributed by atoms with Gasteiger partial charge in [-0.3, -0.25) is 9.36 Å². The number of thioether (sulfide) groups is 1. The molecule has 2 heterocycles. The van der Waals surface area contributed by atoms with E-state index in [1.807, 2.05) is 54.8 Å². The average Bonchev–Trinajstić information content (AvgIpc) is 3.12. The summed E-state index contributed by atoms with van der Waals surface area (Å²) in [6.45, 7) is 3.79. The molecule has 0 fully saturated rings. The highest BCUT2D eigenvalue weighted by Gasteiger charge is 2.33. The fourth-order valence-corrected chi connectivity index (χ4v) is 5.83. The highest BCUT2D eigenvalue weighted by Crippen LogP contribution is 2.32. The van der Waals surface area contributed by atoms with Crippen molar-refractivity contribution in [1.29, 1.82) is 0 Å². The Hall–Kier alpha value is -2.62. The molecule has 1 aliphatic heterocycles. The van der Waals surface area contributed by atoms with Crippen molar-refractivity contribution in [3.63, 3.8) is 0 Å². The Kier molecular flexibility index (Phi) is 7.45. The summed E-state index contributed by atoms with van der Waals surface area (Å²) in [5.74, 6) is 0.248. The van der Waals surface area contributed by atoms with Gasteiger partial charge in [0.15, 0.2) is 4.80 Å². The summed E-state index contributed by atoms with van der Waals surface area (Å²) in [6, 6.07) is 12.9. The molecule has 0 saturated heterocycles. The molecule has 176 valence electrons. The smallest absolute Gasteiger partial charge is 0.338 e. The van der Waals surface area contributed by atoms with Crippen molar-refractivity contribution in [2.45, 2.75) is 24.8 Å². The number of carbonyl (C=O) groups is 1. The zero-order valence-corrected chi connectivity index (χ0v) is 22.3. The Morgan fingerprint density at radius 3 is 2.62 bits per heavy atom. The Bertz CT molecular complexity index is 1460. The van der Waals surface area contributed by atoms with Crippen molar-refractivity contribution < 1.29 is 14.3 Å². The van der Waals surface area contributed by atoms with E-state index in [-0.39, 0.29) is 12.2 Å². The molecule has 9 heteroatoms. The van der Waals surface area contributed by atoms with E-state index >= 15 is 0 Å². The summed E-state index contributed by atoms with van der Waals surface area (Å²) in [5, 5.41) is 0. The van der Waals surface area contributed by atoms with Crippen LogP contribution in [-0.4, -0.2) is 30.5 Å². The lowest BCUT2D eigenvalue weighted by Crippen LogP contribution is -2.39. The van der Waals surface area contributed by atoms with Crippen LogP contribution >= 0.6 is 39.0 Å². The third-order valence-electron chi connectivity index (χ3n) is 5.42. The summed E-state index contributed by atoms with van der Waals surface area (Å²) >= 11 is 6.42. The van der Waals surface area contributed by atoms with Gasteiger partial charge in [0.25, 0.3) is 5.56 Å². The maximum atomic E-state index is 13.6. The van der Waals surface area contributed by atoms with Crippen LogP contribution in [0.25, 0.3) is 6.08 Å². The van der Waals surface area contributed by atoms with Crippen molar-refractivity contribution in [2.24, 2.45) is 4.99 Å².